The summed E-state index contributed by atoms with van der Waals surface area (Å²) in [6, 6.07) is 10.1. The number of aliphatic hydroxyl groups is 1. The molecule has 3 saturated heterocycles. The largest absolute Gasteiger partial charge is 0.372 e. The molecule has 3 fully saturated rings. The molecule has 1 aromatic carbocycles. The number of anilines is 1. The van der Waals surface area contributed by atoms with E-state index in [4.69, 9.17) is 5.73 Å². The highest BCUT2D eigenvalue weighted by Crippen LogP contribution is 2.39. The molecule has 2 aromatic rings. The van der Waals surface area contributed by atoms with Crippen molar-refractivity contribution < 1.29 is 5.11 Å². The molecule has 5 rings (SSSR count). The lowest BCUT2D eigenvalue weighted by atomic mass is 10.1. The standard InChI is InChI=1S/C21H27N9O/c1-13(29-7-3-6-16(29)10-22)18(23)12-28-11-17-9-19(28)21(31)30(17)15-5-2-4-14(8-15)20-24-26-27-25-20/h2,4-5,8,16-19,21,31H,1,3,6-7,9,11-12,23H2,(H,24,25,26,27)/t16?,17?,18-,19-,21?/m0/s1. The first-order valence-electron chi connectivity index (χ1n) is 10.7. The second-order valence-electron chi connectivity index (χ2n) is 8.60. The number of hydrogen-bond acceptors (Lipinski definition) is 9. The monoisotopic (exact) mass is 421 g/mol. The number of likely N-dealkylation sites (tertiary alicyclic amines) is 2. The predicted molar refractivity (Wildman–Crippen MR) is 114 cm³/mol. The van der Waals surface area contributed by atoms with Gasteiger partial charge in [0.1, 0.15) is 12.3 Å². The van der Waals surface area contributed by atoms with Crippen LogP contribution in [0.15, 0.2) is 36.5 Å². The number of fused-ring (bicyclic) bond motifs is 2. The molecule has 162 valence electrons. The Bertz CT molecular complexity index is 985. The Kier molecular flexibility index (Phi) is 5.09. The number of aromatic nitrogens is 4. The van der Waals surface area contributed by atoms with Gasteiger partial charge in [0.2, 0.25) is 5.82 Å². The number of nitriles is 1. The molecular weight excluding hydrogens is 394 g/mol. The number of tetrazole rings is 1. The summed E-state index contributed by atoms with van der Waals surface area (Å²) in [7, 11) is 0. The van der Waals surface area contributed by atoms with Crippen molar-refractivity contribution in [3.05, 3.63) is 36.5 Å². The van der Waals surface area contributed by atoms with Crippen molar-refractivity contribution in [3.63, 3.8) is 0 Å². The molecule has 0 spiro atoms. The van der Waals surface area contributed by atoms with Crippen molar-refractivity contribution in [1.29, 1.82) is 5.26 Å². The first-order valence-corrected chi connectivity index (χ1v) is 10.7. The summed E-state index contributed by atoms with van der Waals surface area (Å²) in [6.45, 7) is 6.48. The van der Waals surface area contributed by atoms with E-state index in [0.717, 1.165) is 49.3 Å². The van der Waals surface area contributed by atoms with Gasteiger partial charge < -0.3 is 20.6 Å². The number of nitrogens with one attached hydrogen (secondary N) is 1. The molecule has 10 heteroatoms. The van der Waals surface area contributed by atoms with Crippen LogP contribution in [0.25, 0.3) is 11.4 Å². The van der Waals surface area contributed by atoms with Gasteiger partial charge in [-0.25, -0.2) is 0 Å². The van der Waals surface area contributed by atoms with Crippen LogP contribution in [0.4, 0.5) is 5.69 Å². The van der Waals surface area contributed by atoms with Crippen LogP contribution in [-0.2, 0) is 0 Å². The number of piperazine rings is 1. The molecule has 0 radical (unpaired) electrons. The highest BCUT2D eigenvalue weighted by atomic mass is 16.3. The Morgan fingerprint density at radius 1 is 1.45 bits per heavy atom. The zero-order chi connectivity index (χ0) is 21.5. The molecule has 5 atom stereocenters. The molecule has 0 saturated carbocycles. The van der Waals surface area contributed by atoms with Crippen LogP contribution < -0.4 is 10.6 Å². The maximum atomic E-state index is 11.1. The molecule has 4 N–H and O–H groups in total. The van der Waals surface area contributed by atoms with Crippen molar-refractivity contribution in [2.24, 2.45) is 5.73 Å². The number of benzene rings is 1. The zero-order valence-corrected chi connectivity index (χ0v) is 17.3. The van der Waals surface area contributed by atoms with Gasteiger partial charge in [0, 0.05) is 42.6 Å². The molecular formula is C21H27N9O. The average molecular weight is 422 g/mol. The highest BCUT2D eigenvalue weighted by molar-refractivity contribution is 5.64. The van der Waals surface area contributed by atoms with Crippen molar-refractivity contribution in [3.8, 4) is 17.5 Å². The van der Waals surface area contributed by atoms with Crippen LogP contribution in [0.1, 0.15) is 19.3 Å². The summed E-state index contributed by atoms with van der Waals surface area (Å²) in [5.74, 6) is 0.532. The average Bonchev–Trinajstić information content (AvgIpc) is 3.57. The lowest BCUT2D eigenvalue weighted by Gasteiger charge is -2.41. The lowest BCUT2D eigenvalue weighted by molar-refractivity contribution is 0.0622. The lowest BCUT2D eigenvalue weighted by Crippen LogP contribution is -2.56. The minimum atomic E-state index is -0.613. The third kappa shape index (κ3) is 3.44. The van der Waals surface area contributed by atoms with Gasteiger partial charge in [-0.05, 0) is 36.6 Å². The quantitative estimate of drug-likeness (QED) is 0.601. The number of hydrogen-bond donors (Lipinski definition) is 3. The summed E-state index contributed by atoms with van der Waals surface area (Å²) >= 11 is 0. The molecule has 0 amide bonds. The van der Waals surface area contributed by atoms with Crippen LogP contribution in [-0.4, -0.2) is 85.6 Å². The molecule has 1 aromatic heterocycles. The van der Waals surface area contributed by atoms with Crippen LogP contribution >= 0.6 is 0 Å². The van der Waals surface area contributed by atoms with Crippen LogP contribution in [0, 0.1) is 11.3 Å². The van der Waals surface area contributed by atoms with Gasteiger partial charge in [0.05, 0.1) is 18.2 Å². The van der Waals surface area contributed by atoms with Gasteiger partial charge in [-0.15, -0.1) is 10.2 Å². The van der Waals surface area contributed by atoms with Gasteiger partial charge >= 0.3 is 0 Å². The summed E-state index contributed by atoms with van der Waals surface area (Å²) in [5.41, 5.74) is 9.11. The van der Waals surface area contributed by atoms with Crippen molar-refractivity contribution in [1.82, 2.24) is 30.4 Å². The summed E-state index contributed by atoms with van der Waals surface area (Å²) in [5, 5.41) is 34.6. The summed E-state index contributed by atoms with van der Waals surface area (Å²) < 4.78 is 0. The van der Waals surface area contributed by atoms with Crippen LogP contribution in [0.5, 0.6) is 0 Å². The smallest absolute Gasteiger partial charge is 0.204 e. The molecule has 4 heterocycles. The maximum Gasteiger partial charge on any atom is 0.204 e. The van der Waals surface area contributed by atoms with Crippen molar-refractivity contribution in [2.45, 2.75) is 49.7 Å². The van der Waals surface area contributed by atoms with E-state index in [1.54, 1.807) is 0 Å². The molecule has 3 unspecified atom stereocenters. The van der Waals surface area contributed by atoms with Crippen molar-refractivity contribution in [2.75, 3.05) is 24.5 Å². The van der Waals surface area contributed by atoms with Gasteiger partial charge in [-0.3, -0.25) is 4.90 Å². The molecule has 31 heavy (non-hydrogen) atoms. The molecule has 2 bridgehead atoms. The van der Waals surface area contributed by atoms with E-state index >= 15 is 0 Å². The van der Waals surface area contributed by atoms with Gasteiger partial charge in [-0.2, -0.15) is 10.5 Å². The van der Waals surface area contributed by atoms with Crippen molar-refractivity contribution >= 4 is 5.69 Å². The van der Waals surface area contributed by atoms with E-state index in [2.05, 4.69) is 43.1 Å². The maximum absolute atomic E-state index is 11.1. The number of aliphatic hydroxyl groups excluding tert-OH is 1. The van der Waals surface area contributed by atoms with Crippen LogP contribution in [0.2, 0.25) is 0 Å². The second-order valence-corrected chi connectivity index (χ2v) is 8.60. The normalized spacial score (nSPS) is 28.8. The summed E-state index contributed by atoms with van der Waals surface area (Å²) in [4.78, 5) is 6.39. The van der Waals surface area contributed by atoms with E-state index in [1.165, 1.54) is 0 Å². The van der Waals surface area contributed by atoms with Gasteiger partial charge in [0.25, 0.3) is 0 Å². The third-order valence-electron chi connectivity index (χ3n) is 6.83. The van der Waals surface area contributed by atoms with E-state index in [9.17, 15) is 10.4 Å². The van der Waals surface area contributed by atoms with Gasteiger partial charge in [-0.1, -0.05) is 18.7 Å². The number of nitrogens with two attached hydrogens (primary N) is 1. The number of H-pyrrole nitrogens is 1. The number of nitrogens with zero attached hydrogens (tertiary/aromatic N) is 7. The zero-order valence-electron chi connectivity index (χ0n) is 17.3. The van der Waals surface area contributed by atoms with E-state index in [0.29, 0.717) is 12.4 Å². The first kappa shape index (κ1) is 19.9. The fourth-order valence-corrected chi connectivity index (χ4v) is 5.30. The Morgan fingerprint density at radius 2 is 2.32 bits per heavy atom. The second kappa shape index (κ2) is 7.92. The van der Waals surface area contributed by atoms with Crippen LogP contribution in [0.3, 0.4) is 0 Å². The molecule has 3 aliphatic heterocycles. The molecule has 0 aliphatic carbocycles. The highest BCUT2D eigenvalue weighted by Gasteiger charge is 2.50. The molecule has 10 nitrogen and oxygen atoms in total. The number of aromatic amines is 1. The summed E-state index contributed by atoms with van der Waals surface area (Å²) in [6.07, 6.45) is 2.14. The minimum Gasteiger partial charge on any atom is -0.372 e. The Morgan fingerprint density at radius 3 is 3.06 bits per heavy atom. The topological polar surface area (TPSA) is 134 Å². The Hall–Kier alpha value is -3.00. The first-order chi connectivity index (χ1) is 15.1. The minimum absolute atomic E-state index is 0.0167. The predicted octanol–water partition coefficient (Wildman–Crippen LogP) is 0.277. The van der Waals surface area contributed by atoms with E-state index < -0.39 is 6.23 Å². The Labute approximate surface area is 180 Å². The number of rotatable bonds is 6. The van der Waals surface area contributed by atoms with E-state index in [1.807, 2.05) is 29.2 Å². The fourth-order valence-electron chi connectivity index (χ4n) is 5.30. The Balaban J connectivity index is 1.26. The van der Waals surface area contributed by atoms with Gasteiger partial charge in [0.15, 0.2) is 0 Å². The third-order valence-corrected chi connectivity index (χ3v) is 6.83. The molecule has 3 aliphatic rings. The van der Waals surface area contributed by atoms with E-state index in [-0.39, 0.29) is 24.2 Å². The fraction of sp³-hybridized carbons (Fsp3) is 0.524. The SMILES string of the molecule is C=C([C@@H](N)CN1CC2C[C@H]1C(O)N2c1cccc(-c2nn[nH]n2)c1)N1CCCC1C#N.